The molecule has 0 atom stereocenters. The molecule has 0 saturated carbocycles. The van der Waals surface area contributed by atoms with Gasteiger partial charge in [0.05, 0.1) is 11.4 Å². The number of carbonyl (C=O) groups excluding carboxylic acids is 1. The molecular formula is C25H21N3O2S. The maximum atomic E-state index is 12.7. The monoisotopic (exact) mass is 427 g/mol. The zero-order chi connectivity index (χ0) is 22.0. The van der Waals surface area contributed by atoms with E-state index >= 15 is 0 Å². The second-order valence-electron chi connectivity index (χ2n) is 7.30. The standard InChI is InChI=1S/C25H21N3O2S/c1-15-8-11-18(12-9-15)27-28-23-21(31)14-19-16(2)10-13-20(22(19)24(23)29)26-25(30)17-6-4-3-5-7-17/h3-14,29,31H,1-2H3,(H,26,30). The van der Waals surface area contributed by atoms with Crippen molar-refractivity contribution in [2.45, 2.75) is 18.7 Å². The Morgan fingerprint density at radius 3 is 2.35 bits per heavy atom. The number of nitrogens with zero attached hydrogens (tertiary/aromatic N) is 2. The first-order valence-electron chi connectivity index (χ1n) is 9.77. The van der Waals surface area contributed by atoms with Crippen LogP contribution >= 0.6 is 12.6 Å². The van der Waals surface area contributed by atoms with E-state index in [0.717, 1.165) is 16.5 Å². The van der Waals surface area contributed by atoms with Crippen LogP contribution in [0.5, 0.6) is 5.75 Å². The molecule has 31 heavy (non-hydrogen) atoms. The van der Waals surface area contributed by atoms with Crippen molar-refractivity contribution in [3.63, 3.8) is 0 Å². The second-order valence-corrected chi connectivity index (χ2v) is 7.78. The zero-order valence-corrected chi connectivity index (χ0v) is 18.0. The SMILES string of the molecule is Cc1ccc(N=Nc2c(S)cc3c(C)ccc(NC(=O)c4ccccc4)c3c2O)cc1. The van der Waals surface area contributed by atoms with Crippen LogP contribution in [0.15, 0.2) is 87.9 Å². The molecule has 0 unspecified atom stereocenters. The predicted octanol–water partition coefficient (Wildman–Crippen LogP) is 7.12. The first-order chi connectivity index (χ1) is 14.9. The van der Waals surface area contributed by atoms with E-state index in [1.165, 1.54) is 0 Å². The molecule has 154 valence electrons. The summed E-state index contributed by atoms with van der Waals surface area (Å²) in [5, 5.41) is 23.8. The Kier molecular flexibility index (Phi) is 5.73. The highest BCUT2D eigenvalue weighted by Gasteiger charge is 2.17. The smallest absolute Gasteiger partial charge is 0.255 e. The van der Waals surface area contributed by atoms with E-state index in [1.54, 1.807) is 30.3 Å². The highest BCUT2D eigenvalue weighted by atomic mass is 32.1. The van der Waals surface area contributed by atoms with E-state index in [-0.39, 0.29) is 17.3 Å². The Bertz CT molecular complexity index is 1300. The molecule has 0 saturated heterocycles. The molecule has 4 aromatic rings. The number of amides is 1. The number of anilines is 1. The van der Waals surface area contributed by atoms with Crippen molar-refractivity contribution in [1.82, 2.24) is 0 Å². The van der Waals surface area contributed by atoms with Crippen LogP contribution in [0.25, 0.3) is 10.8 Å². The lowest BCUT2D eigenvalue weighted by Crippen LogP contribution is -2.12. The van der Waals surface area contributed by atoms with E-state index in [1.807, 2.05) is 56.3 Å². The number of carbonyl (C=O) groups is 1. The van der Waals surface area contributed by atoms with Gasteiger partial charge in [-0.2, -0.15) is 5.11 Å². The van der Waals surface area contributed by atoms with Gasteiger partial charge < -0.3 is 10.4 Å². The van der Waals surface area contributed by atoms with Gasteiger partial charge in [0.15, 0.2) is 5.75 Å². The molecular weight excluding hydrogens is 406 g/mol. The molecule has 0 fully saturated rings. The number of phenolic OH excluding ortho intramolecular Hbond substituents is 1. The summed E-state index contributed by atoms with van der Waals surface area (Å²) in [4.78, 5) is 13.2. The van der Waals surface area contributed by atoms with Crippen LogP contribution in [0.1, 0.15) is 21.5 Å². The Labute approximate surface area is 185 Å². The maximum Gasteiger partial charge on any atom is 0.255 e. The molecule has 0 aliphatic rings. The number of benzene rings is 4. The van der Waals surface area contributed by atoms with Gasteiger partial charge in [-0.05, 0) is 61.2 Å². The summed E-state index contributed by atoms with van der Waals surface area (Å²) in [5.74, 6) is -0.339. The minimum absolute atomic E-state index is 0.0783. The van der Waals surface area contributed by atoms with Gasteiger partial charge in [-0.25, -0.2) is 0 Å². The fourth-order valence-corrected chi connectivity index (χ4v) is 3.60. The Morgan fingerprint density at radius 2 is 1.65 bits per heavy atom. The van der Waals surface area contributed by atoms with Gasteiger partial charge in [-0.1, -0.05) is 42.0 Å². The number of aromatic hydroxyl groups is 1. The molecule has 4 aromatic carbocycles. The van der Waals surface area contributed by atoms with Gasteiger partial charge in [0.1, 0.15) is 5.69 Å². The molecule has 1 amide bonds. The highest BCUT2D eigenvalue weighted by Crippen LogP contribution is 2.44. The van der Waals surface area contributed by atoms with E-state index in [9.17, 15) is 9.90 Å². The Morgan fingerprint density at radius 1 is 0.935 bits per heavy atom. The number of aryl methyl sites for hydroxylation is 2. The minimum atomic E-state index is -0.261. The Balaban J connectivity index is 1.79. The first-order valence-corrected chi connectivity index (χ1v) is 10.2. The van der Waals surface area contributed by atoms with E-state index in [0.29, 0.717) is 27.2 Å². The summed E-state index contributed by atoms with van der Waals surface area (Å²) in [5.41, 5.74) is 4.00. The third-order valence-electron chi connectivity index (χ3n) is 5.03. The molecule has 0 heterocycles. The summed E-state index contributed by atoms with van der Waals surface area (Å²) in [6.07, 6.45) is 0. The van der Waals surface area contributed by atoms with Gasteiger partial charge in [0, 0.05) is 15.8 Å². The molecule has 2 N–H and O–H groups in total. The van der Waals surface area contributed by atoms with Crippen LogP contribution in [-0.4, -0.2) is 11.0 Å². The predicted molar refractivity (Wildman–Crippen MR) is 127 cm³/mol. The summed E-state index contributed by atoms with van der Waals surface area (Å²) in [7, 11) is 0. The average molecular weight is 428 g/mol. The lowest BCUT2D eigenvalue weighted by atomic mass is 10.0. The van der Waals surface area contributed by atoms with Crippen molar-refractivity contribution in [3.05, 3.63) is 89.5 Å². The molecule has 6 heteroatoms. The largest absolute Gasteiger partial charge is 0.505 e. The molecule has 5 nitrogen and oxygen atoms in total. The first kappa shape index (κ1) is 20.6. The fourth-order valence-electron chi connectivity index (χ4n) is 3.32. The van der Waals surface area contributed by atoms with Crippen molar-refractivity contribution >= 4 is 46.4 Å². The fraction of sp³-hybridized carbons (Fsp3) is 0.0800. The third-order valence-corrected chi connectivity index (χ3v) is 5.37. The molecule has 0 spiro atoms. The molecule has 0 radical (unpaired) electrons. The molecule has 0 aliphatic heterocycles. The van der Waals surface area contributed by atoms with Gasteiger partial charge in [0.25, 0.3) is 5.91 Å². The summed E-state index contributed by atoms with van der Waals surface area (Å²) in [6, 6.07) is 22.0. The van der Waals surface area contributed by atoms with Crippen LogP contribution in [0, 0.1) is 13.8 Å². The lowest BCUT2D eigenvalue weighted by molar-refractivity contribution is 0.102. The van der Waals surface area contributed by atoms with Crippen molar-refractivity contribution in [2.24, 2.45) is 10.2 Å². The topological polar surface area (TPSA) is 74.0 Å². The molecule has 0 bridgehead atoms. The number of phenols is 1. The van der Waals surface area contributed by atoms with Crippen LogP contribution in [0.2, 0.25) is 0 Å². The van der Waals surface area contributed by atoms with Crippen molar-refractivity contribution < 1.29 is 9.90 Å². The molecule has 4 rings (SSSR count). The number of rotatable bonds is 4. The van der Waals surface area contributed by atoms with Crippen molar-refractivity contribution in [2.75, 3.05) is 5.32 Å². The summed E-state index contributed by atoms with van der Waals surface area (Å²) >= 11 is 4.51. The second kappa shape index (κ2) is 8.62. The van der Waals surface area contributed by atoms with E-state index in [2.05, 4.69) is 28.2 Å². The van der Waals surface area contributed by atoms with Crippen molar-refractivity contribution in [1.29, 1.82) is 0 Å². The van der Waals surface area contributed by atoms with E-state index in [4.69, 9.17) is 0 Å². The normalized spacial score (nSPS) is 11.2. The summed E-state index contributed by atoms with van der Waals surface area (Å²) < 4.78 is 0. The van der Waals surface area contributed by atoms with Crippen LogP contribution in [-0.2, 0) is 0 Å². The minimum Gasteiger partial charge on any atom is -0.505 e. The summed E-state index contributed by atoms with van der Waals surface area (Å²) in [6.45, 7) is 3.93. The molecule has 0 aliphatic carbocycles. The lowest BCUT2D eigenvalue weighted by Gasteiger charge is -2.14. The quantitative estimate of drug-likeness (QED) is 0.240. The van der Waals surface area contributed by atoms with Crippen LogP contribution in [0.4, 0.5) is 17.1 Å². The maximum absolute atomic E-state index is 12.7. The van der Waals surface area contributed by atoms with Crippen LogP contribution < -0.4 is 5.32 Å². The number of fused-ring (bicyclic) bond motifs is 1. The number of hydrogen-bond donors (Lipinski definition) is 3. The highest BCUT2D eigenvalue weighted by molar-refractivity contribution is 7.80. The molecule has 0 aromatic heterocycles. The number of thiol groups is 1. The van der Waals surface area contributed by atoms with Gasteiger partial charge in [0.2, 0.25) is 0 Å². The Hall–Kier alpha value is -3.64. The van der Waals surface area contributed by atoms with Crippen LogP contribution in [0.3, 0.4) is 0 Å². The third kappa shape index (κ3) is 4.29. The number of hydrogen-bond acceptors (Lipinski definition) is 5. The zero-order valence-electron chi connectivity index (χ0n) is 17.1. The number of azo groups is 1. The van der Waals surface area contributed by atoms with Crippen molar-refractivity contribution in [3.8, 4) is 5.75 Å². The van der Waals surface area contributed by atoms with E-state index < -0.39 is 0 Å². The van der Waals surface area contributed by atoms with Gasteiger partial charge >= 0.3 is 0 Å². The average Bonchev–Trinajstić information content (AvgIpc) is 2.77. The van der Waals surface area contributed by atoms with Gasteiger partial charge in [-0.15, -0.1) is 17.7 Å². The number of nitrogens with one attached hydrogen (secondary N) is 1. The van der Waals surface area contributed by atoms with Gasteiger partial charge in [-0.3, -0.25) is 4.79 Å².